The number of hydrogen-bond acceptors (Lipinski definition) is 4. The van der Waals surface area contributed by atoms with Crippen molar-refractivity contribution >= 4 is 33.0 Å². The largest absolute Gasteiger partial charge is 0.325 e. The number of amides is 1. The number of sulfonamides is 1. The third-order valence-electron chi connectivity index (χ3n) is 4.99. The molecule has 1 aromatic carbocycles. The van der Waals surface area contributed by atoms with Crippen LogP contribution in [0, 0.1) is 33.6 Å². The first-order chi connectivity index (χ1) is 12.7. The monoisotopic (exact) mass is 406 g/mol. The van der Waals surface area contributed by atoms with Gasteiger partial charge in [0.2, 0.25) is 5.91 Å². The van der Waals surface area contributed by atoms with E-state index < -0.39 is 10.0 Å². The molecule has 0 aliphatic carbocycles. The molecule has 3 rings (SSSR count). The number of benzene rings is 1. The van der Waals surface area contributed by atoms with Crippen molar-refractivity contribution < 1.29 is 13.2 Å². The molecule has 1 amide bonds. The van der Waals surface area contributed by atoms with Gasteiger partial charge in [-0.2, -0.15) is 4.31 Å². The first-order valence-corrected chi connectivity index (χ1v) is 11.4. The number of carbonyl (C=O) groups is 1. The Balaban J connectivity index is 1.75. The van der Waals surface area contributed by atoms with E-state index in [1.807, 2.05) is 45.9 Å². The van der Waals surface area contributed by atoms with E-state index in [1.165, 1.54) is 15.6 Å². The molecule has 1 aromatic heterocycles. The molecular formula is C20H26N2O3S2. The van der Waals surface area contributed by atoms with E-state index >= 15 is 0 Å². The van der Waals surface area contributed by atoms with Gasteiger partial charge in [-0.1, -0.05) is 17.7 Å². The molecule has 5 nitrogen and oxygen atoms in total. The van der Waals surface area contributed by atoms with Crippen LogP contribution in [0.1, 0.15) is 34.4 Å². The van der Waals surface area contributed by atoms with Gasteiger partial charge in [-0.25, -0.2) is 8.42 Å². The Bertz CT molecular complexity index is 940. The molecule has 0 bridgehead atoms. The van der Waals surface area contributed by atoms with E-state index in [4.69, 9.17) is 0 Å². The predicted molar refractivity (Wildman–Crippen MR) is 110 cm³/mol. The first kappa shape index (κ1) is 20.0. The van der Waals surface area contributed by atoms with Gasteiger partial charge < -0.3 is 5.32 Å². The minimum Gasteiger partial charge on any atom is -0.325 e. The highest BCUT2D eigenvalue weighted by atomic mass is 32.2. The van der Waals surface area contributed by atoms with E-state index in [-0.39, 0.29) is 18.4 Å². The van der Waals surface area contributed by atoms with Gasteiger partial charge in [0.1, 0.15) is 4.21 Å². The molecule has 2 heterocycles. The smallest absolute Gasteiger partial charge is 0.252 e. The summed E-state index contributed by atoms with van der Waals surface area (Å²) >= 11 is 1.28. The average molecular weight is 407 g/mol. The summed E-state index contributed by atoms with van der Waals surface area (Å²) in [6.07, 6.45) is 1.39. The van der Waals surface area contributed by atoms with Gasteiger partial charge in [0.25, 0.3) is 10.0 Å². The standard InChI is InChI=1S/C20H26N2O3S2/c1-13-10-14(2)19(15(3)11-13)21-20(23)17-6-5-9-22(12-17)27(24,25)18-8-7-16(4)26-18/h7-8,10-11,17H,5-6,9,12H2,1-4H3,(H,21,23)/t17-/m1/s1. The summed E-state index contributed by atoms with van der Waals surface area (Å²) in [5.41, 5.74) is 4.04. The van der Waals surface area contributed by atoms with Gasteiger partial charge in [-0.15, -0.1) is 11.3 Å². The van der Waals surface area contributed by atoms with Crippen molar-refractivity contribution in [2.75, 3.05) is 18.4 Å². The molecule has 0 unspecified atom stereocenters. The first-order valence-electron chi connectivity index (χ1n) is 9.14. The van der Waals surface area contributed by atoms with Crippen LogP contribution >= 0.6 is 11.3 Å². The zero-order valence-electron chi connectivity index (χ0n) is 16.2. The van der Waals surface area contributed by atoms with Crippen LogP contribution in [-0.2, 0) is 14.8 Å². The van der Waals surface area contributed by atoms with Crippen molar-refractivity contribution in [3.8, 4) is 0 Å². The van der Waals surface area contributed by atoms with Crippen molar-refractivity contribution in [2.24, 2.45) is 5.92 Å². The average Bonchev–Trinajstić information content (AvgIpc) is 3.05. The van der Waals surface area contributed by atoms with Gasteiger partial charge in [0.05, 0.1) is 5.92 Å². The Morgan fingerprint density at radius 3 is 2.41 bits per heavy atom. The number of piperidine rings is 1. The van der Waals surface area contributed by atoms with Gasteiger partial charge >= 0.3 is 0 Å². The van der Waals surface area contributed by atoms with Crippen molar-refractivity contribution in [2.45, 2.75) is 44.7 Å². The number of carbonyl (C=O) groups excluding carboxylic acids is 1. The molecule has 1 aliphatic heterocycles. The number of hydrogen-bond donors (Lipinski definition) is 1. The lowest BCUT2D eigenvalue weighted by Gasteiger charge is -2.31. The second-order valence-corrected chi connectivity index (χ2v) is 10.8. The Morgan fingerprint density at radius 1 is 1.15 bits per heavy atom. The lowest BCUT2D eigenvalue weighted by Crippen LogP contribution is -2.43. The molecule has 2 aromatic rings. The van der Waals surface area contributed by atoms with Crippen molar-refractivity contribution in [1.82, 2.24) is 4.31 Å². The number of thiophene rings is 1. The quantitative estimate of drug-likeness (QED) is 0.834. The molecule has 1 fully saturated rings. The van der Waals surface area contributed by atoms with E-state index in [2.05, 4.69) is 5.32 Å². The van der Waals surface area contributed by atoms with Gasteiger partial charge in [0.15, 0.2) is 0 Å². The highest BCUT2D eigenvalue weighted by Gasteiger charge is 2.34. The Hall–Kier alpha value is -1.70. The van der Waals surface area contributed by atoms with Crippen molar-refractivity contribution in [3.05, 3.63) is 45.8 Å². The van der Waals surface area contributed by atoms with Crippen LogP contribution in [-0.4, -0.2) is 31.7 Å². The Kier molecular flexibility index (Phi) is 5.74. The highest BCUT2D eigenvalue weighted by molar-refractivity contribution is 7.91. The molecule has 27 heavy (non-hydrogen) atoms. The number of rotatable bonds is 4. The van der Waals surface area contributed by atoms with E-state index in [9.17, 15) is 13.2 Å². The zero-order chi connectivity index (χ0) is 19.8. The van der Waals surface area contributed by atoms with Crippen LogP contribution in [0.2, 0.25) is 0 Å². The lowest BCUT2D eigenvalue weighted by atomic mass is 9.98. The van der Waals surface area contributed by atoms with Gasteiger partial charge in [-0.3, -0.25) is 4.79 Å². The third kappa shape index (κ3) is 4.25. The van der Waals surface area contributed by atoms with Crippen molar-refractivity contribution in [3.63, 3.8) is 0 Å². The molecule has 146 valence electrons. The summed E-state index contributed by atoms with van der Waals surface area (Å²) in [5.74, 6) is -0.443. The lowest BCUT2D eigenvalue weighted by molar-refractivity contribution is -0.120. The topological polar surface area (TPSA) is 66.5 Å². The number of nitrogens with one attached hydrogen (secondary N) is 1. The predicted octanol–water partition coefficient (Wildman–Crippen LogP) is 4.02. The zero-order valence-corrected chi connectivity index (χ0v) is 17.8. The highest BCUT2D eigenvalue weighted by Crippen LogP contribution is 2.29. The summed E-state index contributed by atoms with van der Waals surface area (Å²) in [6, 6.07) is 7.55. The fourth-order valence-electron chi connectivity index (χ4n) is 3.66. The van der Waals surface area contributed by atoms with Crippen LogP contribution in [0.3, 0.4) is 0 Å². The van der Waals surface area contributed by atoms with Gasteiger partial charge in [-0.05, 0) is 63.8 Å². The molecule has 0 radical (unpaired) electrons. The Labute approximate surface area is 165 Å². The molecule has 1 atom stereocenters. The molecule has 7 heteroatoms. The van der Waals surface area contributed by atoms with Crippen LogP contribution in [0.4, 0.5) is 5.69 Å². The van der Waals surface area contributed by atoms with Crippen LogP contribution < -0.4 is 5.32 Å². The summed E-state index contributed by atoms with van der Waals surface area (Å²) < 4.78 is 27.6. The number of nitrogens with zero attached hydrogens (tertiary/aromatic N) is 1. The fourth-order valence-corrected chi connectivity index (χ4v) is 6.62. The maximum absolute atomic E-state index is 12.9. The molecule has 0 saturated carbocycles. The van der Waals surface area contributed by atoms with E-state index in [1.54, 1.807) is 6.07 Å². The third-order valence-corrected chi connectivity index (χ3v) is 8.32. The van der Waals surface area contributed by atoms with Crippen LogP contribution in [0.15, 0.2) is 28.5 Å². The summed E-state index contributed by atoms with van der Waals surface area (Å²) in [4.78, 5) is 13.8. The number of aryl methyl sites for hydroxylation is 4. The van der Waals surface area contributed by atoms with Crippen LogP contribution in [0.25, 0.3) is 0 Å². The van der Waals surface area contributed by atoms with E-state index in [0.29, 0.717) is 23.6 Å². The number of anilines is 1. The van der Waals surface area contributed by atoms with Gasteiger partial charge in [0, 0.05) is 23.7 Å². The maximum Gasteiger partial charge on any atom is 0.252 e. The minimum absolute atomic E-state index is 0.104. The normalized spacial score (nSPS) is 18.4. The molecule has 1 saturated heterocycles. The second kappa shape index (κ2) is 7.73. The summed E-state index contributed by atoms with van der Waals surface area (Å²) in [5, 5.41) is 3.03. The molecule has 0 spiro atoms. The molecular weight excluding hydrogens is 380 g/mol. The molecule has 1 N–H and O–H groups in total. The SMILES string of the molecule is Cc1cc(C)c(NC(=O)[C@@H]2CCCN(S(=O)(=O)c3ccc(C)s3)C2)c(C)c1. The Morgan fingerprint density at radius 2 is 1.81 bits per heavy atom. The maximum atomic E-state index is 12.9. The fraction of sp³-hybridized carbons (Fsp3) is 0.450. The second-order valence-electron chi connectivity index (χ2n) is 7.33. The summed E-state index contributed by atoms with van der Waals surface area (Å²) in [6.45, 7) is 8.57. The van der Waals surface area contributed by atoms with Crippen molar-refractivity contribution in [1.29, 1.82) is 0 Å². The van der Waals surface area contributed by atoms with Crippen LogP contribution in [0.5, 0.6) is 0 Å². The minimum atomic E-state index is -3.53. The molecule has 1 aliphatic rings. The van der Waals surface area contributed by atoms with E-state index in [0.717, 1.165) is 27.3 Å². The summed E-state index contributed by atoms with van der Waals surface area (Å²) in [7, 11) is -3.53.